The van der Waals surface area contributed by atoms with E-state index >= 15 is 0 Å². The Hall–Kier alpha value is -0.0681. The van der Waals surface area contributed by atoms with Crippen molar-refractivity contribution < 1.29 is 44.2 Å². The maximum atomic E-state index is 10.9. The van der Waals surface area contributed by atoms with E-state index in [1.807, 2.05) is 0 Å². The predicted octanol–water partition coefficient (Wildman–Crippen LogP) is -0.703. The number of nitriles is 1. The average Bonchev–Trinajstić information content (AvgIpc) is 2.03. The van der Waals surface area contributed by atoms with Crippen molar-refractivity contribution in [2.45, 2.75) is 9.50 Å². The van der Waals surface area contributed by atoms with E-state index in [1.54, 1.807) is 18.5 Å². The summed E-state index contributed by atoms with van der Waals surface area (Å²) in [5.41, 5.74) is 1.65. The number of nitrogens with zero attached hydrogens (tertiary/aromatic N) is 1. The summed E-state index contributed by atoms with van der Waals surface area (Å²) in [6.07, 6.45) is 0. The normalized spacial score (nSPS) is 14.8. The van der Waals surface area contributed by atoms with Crippen LogP contribution >= 0.6 is 0 Å². The van der Waals surface area contributed by atoms with Gasteiger partial charge in [0, 0.05) is 0 Å². The van der Waals surface area contributed by atoms with Crippen molar-refractivity contribution in [2.24, 2.45) is 0 Å². The van der Waals surface area contributed by atoms with Gasteiger partial charge >= 0.3 is 83.0 Å². The van der Waals surface area contributed by atoms with Gasteiger partial charge in [0.15, 0.2) is 0 Å². The van der Waals surface area contributed by atoms with E-state index in [0.29, 0.717) is 0 Å². The van der Waals surface area contributed by atoms with Gasteiger partial charge in [-0.2, -0.15) is 0 Å². The predicted molar refractivity (Wildman–Crippen MR) is 29.9 cm³/mol. The van der Waals surface area contributed by atoms with Gasteiger partial charge in [-0.25, -0.2) is 0 Å². The molecule has 0 saturated heterocycles. The van der Waals surface area contributed by atoms with Crippen molar-refractivity contribution in [3.8, 4) is 6.07 Å². The number of hydrogen-bond donors (Lipinski definition) is 2. The van der Waals surface area contributed by atoms with Crippen LogP contribution in [0.2, 0.25) is 0 Å². The zero-order chi connectivity index (χ0) is 8.91. The summed E-state index contributed by atoms with van der Waals surface area (Å²) < 4.78 is 3.06. The second-order valence-corrected chi connectivity index (χ2v) is 4.82. The molecule has 0 bridgehead atoms. The molecule has 5 nitrogen and oxygen atoms in total. The van der Waals surface area contributed by atoms with Crippen LogP contribution in [0.4, 0.5) is 0 Å². The molecule has 0 heterocycles. The van der Waals surface area contributed by atoms with E-state index < -0.39 is 8.54 Å². The molecule has 0 aliphatic rings. The summed E-state index contributed by atoms with van der Waals surface area (Å²) >= 11 is -0.0532. The van der Waals surface area contributed by atoms with Crippen LogP contribution in [0.5, 0.6) is 0 Å². The average molecular weight is 381 g/mol. The number of nitrogens with one attached hydrogen (secondary N) is 1. The minimum atomic E-state index is -1.49. The summed E-state index contributed by atoms with van der Waals surface area (Å²) in [4.78, 5) is 10.9. The van der Waals surface area contributed by atoms with Crippen LogP contribution in [-0.4, -0.2) is 20.4 Å². The van der Waals surface area contributed by atoms with Crippen molar-refractivity contribution in [3.05, 3.63) is 0 Å². The first-order chi connectivity index (χ1) is 5.10. The summed E-state index contributed by atoms with van der Waals surface area (Å²) in [5, 5.41) is 16.9. The quantitative estimate of drug-likeness (QED) is 0.499. The van der Waals surface area contributed by atoms with E-state index in [4.69, 9.17) is 10.5 Å². The van der Waals surface area contributed by atoms with Crippen LogP contribution in [0.1, 0.15) is 6.92 Å². The first-order valence-electron chi connectivity index (χ1n) is 2.85. The molecule has 0 amide bonds. The zero-order valence-electron chi connectivity index (χ0n) is 5.92. The molecule has 0 aromatic heterocycles. The molecule has 0 radical (unpaired) electrons. The summed E-state index contributed by atoms with van der Waals surface area (Å²) in [7, 11) is 0. The molecule has 1 unspecified atom stereocenters. The zero-order valence-corrected chi connectivity index (χ0v) is 10.1. The molecular formula is C5H7N2O3U. The summed E-state index contributed by atoms with van der Waals surface area (Å²) in [6.45, 7) is 1.84. The number of esters is 1. The van der Waals surface area contributed by atoms with Crippen molar-refractivity contribution in [2.75, 3.05) is 6.61 Å². The topological polar surface area (TPSA) is 82.4 Å². The minimum absolute atomic E-state index is 0.0532. The molecular weight excluding hydrogens is 374 g/mol. The van der Waals surface area contributed by atoms with Gasteiger partial charge in [-0.15, -0.1) is 0 Å². The van der Waals surface area contributed by atoms with Crippen LogP contribution < -0.4 is 5.48 Å². The molecule has 1 atom stereocenters. The summed E-state index contributed by atoms with van der Waals surface area (Å²) in [5.74, 6) is -0.712. The van der Waals surface area contributed by atoms with E-state index in [-0.39, 0.29) is 36.0 Å². The molecule has 0 aromatic rings. The van der Waals surface area contributed by atoms with Crippen LogP contribution in [0.15, 0.2) is 0 Å². The van der Waals surface area contributed by atoms with Crippen LogP contribution in [-0.2, 0) is 9.53 Å². The first-order valence-corrected chi connectivity index (χ1v) is 4.93. The van der Waals surface area contributed by atoms with Crippen LogP contribution in [0.25, 0.3) is 0 Å². The standard InChI is InChI=1S/C5H7N2O3.U/c1-2-10-5(8)4(3-6)7-9;/h7,9H,2H2,1H3;. The Kier molecular flexibility index (Phi) is 4.71. The Morgan fingerprint density at radius 3 is 2.82 bits per heavy atom. The Morgan fingerprint density at radius 1 is 2.00 bits per heavy atom. The number of carbonyl (C=O) groups is 1. The molecule has 0 rings (SSSR count). The van der Waals surface area contributed by atoms with E-state index in [0.717, 1.165) is 0 Å². The van der Waals surface area contributed by atoms with Crippen LogP contribution in [0.3, 0.4) is 0 Å². The van der Waals surface area contributed by atoms with Gasteiger partial charge in [0.1, 0.15) is 0 Å². The Labute approximate surface area is 82.9 Å². The van der Waals surface area contributed by atoms with Crippen molar-refractivity contribution in [1.82, 2.24) is 5.48 Å². The molecule has 6 heteroatoms. The monoisotopic (exact) mass is 381 g/mol. The van der Waals surface area contributed by atoms with Crippen molar-refractivity contribution >= 4 is 5.97 Å². The number of ether oxygens (including phenoxy) is 1. The molecule has 0 spiro atoms. The first kappa shape index (κ1) is 10.9. The van der Waals surface area contributed by atoms with Gasteiger partial charge in [-0.3, -0.25) is 0 Å². The van der Waals surface area contributed by atoms with Gasteiger partial charge < -0.3 is 0 Å². The van der Waals surface area contributed by atoms with Gasteiger partial charge in [0.2, 0.25) is 0 Å². The van der Waals surface area contributed by atoms with Gasteiger partial charge in [-0.1, -0.05) is 0 Å². The van der Waals surface area contributed by atoms with Gasteiger partial charge in [0.05, 0.1) is 0 Å². The van der Waals surface area contributed by atoms with Crippen molar-refractivity contribution in [3.63, 3.8) is 0 Å². The summed E-state index contributed by atoms with van der Waals surface area (Å²) in [6, 6.07) is 1.65. The fourth-order valence-electron chi connectivity index (χ4n) is 0.356. The fraction of sp³-hybridized carbons (Fsp3) is 0.600. The molecule has 2 N–H and O–H groups in total. The second kappa shape index (κ2) is 4.74. The Balaban J connectivity index is 4.28. The Morgan fingerprint density at radius 2 is 2.55 bits per heavy atom. The third-order valence-corrected chi connectivity index (χ3v) is 2.70. The SMILES string of the molecule is CCOC(=O)[C]([U])(C#N)NO. The molecule has 0 saturated carbocycles. The van der Waals surface area contributed by atoms with E-state index in [2.05, 4.69) is 4.74 Å². The van der Waals surface area contributed by atoms with E-state index in [1.165, 1.54) is 0 Å². The third-order valence-electron chi connectivity index (χ3n) is 0.917. The Bertz CT molecular complexity index is 191. The molecule has 0 aromatic carbocycles. The molecule has 0 fully saturated rings. The van der Waals surface area contributed by atoms with E-state index in [9.17, 15) is 4.79 Å². The molecule has 0 aliphatic heterocycles. The number of hydrogen-bond acceptors (Lipinski definition) is 5. The van der Waals surface area contributed by atoms with Gasteiger partial charge in [0.25, 0.3) is 0 Å². The van der Waals surface area contributed by atoms with Gasteiger partial charge in [-0.05, 0) is 0 Å². The molecule has 11 heavy (non-hydrogen) atoms. The van der Waals surface area contributed by atoms with Crippen molar-refractivity contribution in [1.29, 1.82) is 5.26 Å². The number of hydroxylamine groups is 1. The number of carbonyl (C=O) groups excluding carboxylic acids is 1. The third kappa shape index (κ3) is 2.80. The second-order valence-electron chi connectivity index (χ2n) is 1.69. The fourth-order valence-corrected chi connectivity index (χ4v) is 0.656. The molecule has 0 aliphatic carbocycles. The maximum absolute atomic E-state index is 10.9. The number of rotatable bonds is 3. The molecule has 59 valence electrons. The van der Waals surface area contributed by atoms with Crippen LogP contribution in [0, 0.1) is 40.8 Å².